The molecule has 0 bridgehead atoms. The molecule has 150 valence electrons. The van der Waals surface area contributed by atoms with E-state index in [-0.39, 0.29) is 17.8 Å². The van der Waals surface area contributed by atoms with Crippen molar-refractivity contribution < 1.29 is 18.4 Å². The highest BCUT2D eigenvalue weighted by molar-refractivity contribution is 5.74. The normalized spacial score (nSPS) is 20.9. The summed E-state index contributed by atoms with van der Waals surface area (Å²) >= 11 is 0. The molecule has 3 heterocycles. The quantitative estimate of drug-likeness (QED) is 0.870. The van der Waals surface area contributed by atoms with E-state index in [0.717, 1.165) is 50.3 Å². The molecule has 0 spiro atoms. The van der Waals surface area contributed by atoms with Gasteiger partial charge in [0.25, 0.3) is 0 Å². The third-order valence-corrected chi connectivity index (χ3v) is 5.46. The molecule has 2 aliphatic rings. The Morgan fingerprint density at radius 1 is 1.18 bits per heavy atom. The number of hydrogen-bond acceptors (Lipinski definition) is 5. The Balaban J connectivity index is 1.32. The van der Waals surface area contributed by atoms with E-state index < -0.39 is 0 Å². The Morgan fingerprint density at radius 3 is 2.75 bits per heavy atom. The van der Waals surface area contributed by atoms with Crippen LogP contribution in [0.3, 0.4) is 0 Å². The van der Waals surface area contributed by atoms with Crippen LogP contribution >= 0.6 is 0 Å². The largest absolute Gasteiger partial charge is 0.381 e. The molecule has 0 aliphatic carbocycles. The summed E-state index contributed by atoms with van der Waals surface area (Å²) < 4.78 is 23.9. The number of piperidine rings is 1. The molecule has 2 fully saturated rings. The fraction of sp³-hybridized carbons (Fsp3) is 0.550. The van der Waals surface area contributed by atoms with Crippen molar-refractivity contribution in [3.05, 3.63) is 47.4 Å². The molecule has 1 atom stereocenters. The summed E-state index contributed by atoms with van der Waals surface area (Å²) in [5.41, 5.74) is 0.862. The summed E-state index contributed by atoms with van der Waals surface area (Å²) in [5.74, 6) is 1.46. The van der Waals surface area contributed by atoms with Gasteiger partial charge in [-0.2, -0.15) is 4.98 Å². The number of nitrogens with one attached hydrogen (secondary N) is 1. The number of ether oxygens (including phenoxy) is 1. The Bertz CT molecular complexity index is 789. The van der Waals surface area contributed by atoms with Gasteiger partial charge in [0.15, 0.2) is 5.82 Å². The van der Waals surface area contributed by atoms with Crippen LogP contribution in [-0.2, 0) is 11.3 Å². The zero-order valence-electron chi connectivity index (χ0n) is 15.8. The molecule has 28 heavy (non-hydrogen) atoms. The molecule has 1 aromatic carbocycles. The fourth-order valence-corrected chi connectivity index (χ4v) is 3.79. The summed E-state index contributed by atoms with van der Waals surface area (Å²) in [6, 6.07) is 6.00. The number of amides is 2. The van der Waals surface area contributed by atoms with E-state index in [4.69, 9.17) is 9.26 Å². The molecule has 2 aliphatic heterocycles. The minimum Gasteiger partial charge on any atom is -0.381 e. The van der Waals surface area contributed by atoms with Gasteiger partial charge >= 0.3 is 6.03 Å². The summed E-state index contributed by atoms with van der Waals surface area (Å²) in [5, 5.41) is 7.08. The van der Waals surface area contributed by atoms with Gasteiger partial charge in [-0.3, -0.25) is 0 Å². The molecule has 8 heteroatoms. The number of nitrogens with zero attached hydrogens (tertiary/aromatic N) is 3. The van der Waals surface area contributed by atoms with Crippen LogP contribution in [0.2, 0.25) is 0 Å². The van der Waals surface area contributed by atoms with Crippen molar-refractivity contribution in [2.75, 3.05) is 26.3 Å². The number of urea groups is 1. The van der Waals surface area contributed by atoms with Crippen molar-refractivity contribution in [3.63, 3.8) is 0 Å². The number of rotatable bonds is 4. The number of halogens is 1. The van der Waals surface area contributed by atoms with Gasteiger partial charge in [0.1, 0.15) is 5.82 Å². The third kappa shape index (κ3) is 4.49. The van der Waals surface area contributed by atoms with Crippen LogP contribution in [0.1, 0.15) is 54.8 Å². The van der Waals surface area contributed by atoms with Crippen molar-refractivity contribution in [1.82, 2.24) is 20.4 Å². The van der Waals surface area contributed by atoms with Crippen LogP contribution in [0, 0.1) is 5.82 Å². The van der Waals surface area contributed by atoms with Crippen molar-refractivity contribution in [2.24, 2.45) is 0 Å². The predicted molar refractivity (Wildman–Crippen MR) is 99.3 cm³/mol. The third-order valence-electron chi connectivity index (χ3n) is 5.46. The molecule has 1 N–H and O–H groups in total. The molecule has 7 nitrogen and oxygen atoms in total. The van der Waals surface area contributed by atoms with Crippen molar-refractivity contribution in [3.8, 4) is 0 Å². The van der Waals surface area contributed by atoms with E-state index in [0.29, 0.717) is 31.4 Å². The van der Waals surface area contributed by atoms with E-state index in [9.17, 15) is 9.18 Å². The van der Waals surface area contributed by atoms with Crippen LogP contribution in [-0.4, -0.2) is 47.4 Å². The Hall–Kier alpha value is -2.48. The summed E-state index contributed by atoms with van der Waals surface area (Å²) in [7, 11) is 0. The minimum atomic E-state index is -0.284. The number of carbonyl (C=O) groups is 1. The Kier molecular flexibility index (Phi) is 5.85. The number of carbonyl (C=O) groups excluding carboxylic acids is 1. The first-order valence-electron chi connectivity index (χ1n) is 9.87. The van der Waals surface area contributed by atoms with Gasteiger partial charge in [-0.1, -0.05) is 17.3 Å². The van der Waals surface area contributed by atoms with E-state index in [2.05, 4.69) is 15.5 Å². The van der Waals surface area contributed by atoms with Gasteiger partial charge in [-0.15, -0.1) is 0 Å². The summed E-state index contributed by atoms with van der Waals surface area (Å²) in [6.45, 7) is 3.10. The van der Waals surface area contributed by atoms with Gasteiger partial charge in [0.2, 0.25) is 5.89 Å². The van der Waals surface area contributed by atoms with Crippen LogP contribution in [0.15, 0.2) is 28.8 Å². The average Bonchev–Trinajstić information content (AvgIpc) is 3.24. The molecule has 2 amide bonds. The number of aromatic nitrogens is 2. The fourth-order valence-electron chi connectivity index (χ4n) is 3.79. The molecule has 1 aromatic heterocycles. The predicted octanol–water partition coefficient (Wildman–Crippen LogP) is 3.19. The average molecular weight is 388 g/mol. The van der Waals surface area contributed by atoms with Crippen molar-refractivity contribution in [1.29, 1.82) is 0 Å². The molecular weight excluding hydrogens is 363 g/mol. The SMILES string of the molecule is O=C(NCc1ccc(F)cc1)N1CCCC(c2nc(C3CCOCC3)no2)C1. The molecule has 0 radical (unpaired) electrons. The maximum absolute atomic E-state index is 13.0. The first kappa shape index (κ1) is 18.9. The van der Waals surface area contributed by atoms with Crippen LogP contribution < -0.4 is 5.32 Å². The highest BCUT2D eigenvalue weighted by Crippen LogP contribution is 2.29. The summed E-state index contributed by atoms with van der Waals surface area (Å²) in [4.78, 5) is 18.9. The smallest absolute Gasteiger partial charge is 0.317 e. The first-order chi connectivity index (χ1) is 13.7. The Labute approximate surface area is 163 Å². The lowest BCUT2D eigenvalue weighted by Gasteiger charge is -2.31. The van der Waals surface area contributed by atoms with E-state index in [1.165, 1.54) is 12.1 Å². The molecule has 0 saturated carbocycles. The standard InChI is InChI=1S/C20H25FN4O3/c21-17-5-3-14(4-6-17)12-22-20(26)25-9-1-2-16(13-25)19-23-18(24-28-19)15-7-10-27-11-8-15/h3-6,15-16H,1-2,7-13H2,(H,22,26). The van der Waals surface area contributed by atoms with E-state index in [1.807, 2.05) is 0 Å². The van der Waals surface area contributed by atoms with Crippen LogP contribution in [0.25, 0.3) is 0 Å². The first-order valence-corrected chi connectivity index (χ1v) is 9.87. The molecule has 4 rings (SSSR count). The van der Waals surface area contributed by atoms with Crippen molar-refractivity contribution >= 4 is 6.03 Å². The highest BCUT2D eigenvalue weighted by atomic mass is 19.1. The second-order valence-corrected chi connectivity index (χ2v) is 7.45. The second-order valence-electron chi connectivity index (χ2n) is 7.45. The van der Waals surface area contributed by atoms with Crippen LogP contribution in [0.5, 0.6) is 0 Å². The monoisotopic (exact) mass is 388 g/mol. The number of hydrogen-bond donors (Lipinski definition) is 1. The van der Waals surface area contributed by atoms with Crippen LogP contribution in [0.4, 0.5) is 9.18 Å². The minimum absolute atomic E-state index is 0.0615. The van der Waals surface area contributed by atoms with Gasteiger partial charge in [-0.25, -0.2) is 9.18 Å². The maximum Gasteiger partial charge on any atom is 0.317 e. The highest BCUT2D eigenvalue weighted by Gasteiger charge is 2.30. The zero-order valence-corrected chi connectivity index (χ0v) is 15.8. The molecule has 2 saturated heterocycles. The molecule has 1 unspecified atom stereocenters. The lowest BCUT2D eigenvalue weighted by Crippen LogP contribution is -2.44. The van der Waals surface area contributed by atoms with Gasteiger partial charge in [0.05, 0.1) is 5.92 Å². The van der Waals surface area contributed by atoms with Gasteiger partial charge in [0, 0.05) is 38.8 Å². The van der Waals surface area contributed by atoms with Gasteiger partial charge in [-0.05, 0) is 43.4 Å². The lowest BCUT2D eigenvalue weighted by molar-refractivity contribution is 0.0830. The number of likely N-dealkylation sites (tertiary alicyclic amines) is 1. The van der Waals surface area contributed by atoms with E-state index >= 15 is 0 Å². The number of benzene rings is 1. The molecule has 2 aromatic rings. The van der Waals surface area contributed by atoms with E-state index in [1.54, 1.807) is 17.0 Å². The lowest BCUT2D eigenvalue weighted by atomic mass is 9.97. The zero-order chi connectivity index (χ0) is 19.3. The van der Waals surface area contributed by atoms with Gasteiger partial charge < -0.3 is 19.5 Å². The topological polar surface area (TPSA) is 80.5 Å². The Morgan fingerprint density at radius 2 is 1.96 bits per heavy atom. The summed E-state index contributed by atoms with van der Waals surface area (Å²) in [6.07, 6.45) is 3.66. The molecular formula is C20H25FN4O3. The van der Waals surface area contributed by atoms with Crippen molar-refractivity contribution in [2.45, 2.75) is 44.1 Å². The second kappa shape index (κ2) is 8.68. The maximum atomic E-state index is 13.0.